The van der Waals surface area contributed by atoms with Crippen LogP contribution >= 0.6 is 0 Å². The van der Waals surface area contributed by atoms with E-state index in [1.54, 1.807) is 42.5 Å². The van der Waals surface area contributed by atoms with E-state index in [1.807, 2.05) is 37.4 Å². The monoisotopic (exact) mass is 535 g/mol. The number of aromatic nitrogens is 1. The van der Waals surface area contributed by atoms with Crippen molar-refractivity contribution in [2.45, 2.75) is 30.7 Å². The zero-order valence-corrected chi connectivity index (χ0v) is 22.6. The summed E-state index contributed by atoms with van der Waals surface area (Å²) in [5.74, 6) is 0.0443. The summed E-state index contributed by atoms with van der Waals surface area (Å²) in [4.78, 5) is 16.9. The fraction of sp³-hybridized carbons (Fsp3) is 0.276. The second-order valence-electron chi connectivity index (χ2n) is 9.29. The van der Waals surface area contributed by atoms with Gasteiger partial charge < -0.3 is 20.1 Å². The first-order valence-corrected chi connectivity index (χ1v) is 13.9. The van der Waals surface area contributed by atoms with Crippen molar-refractivity contribution in [1.29, 1.82) is 0 Å². The highest BCUT2D eigenvalue weighted by Crippen LogP contribution is 2.29. The molecule has 0 bridgehead atoms. The molecule has 1 unspecified atom stereocenters. The molecule has 0 spiro atoms. The molecule has 3 aromatic carbocycles. The van der Waals surface area contributed by atoms with Crippen molar-refractivity contribution in [2.75, 3.05) is 27.3 Å². The smallest absolute Gasteiger partial charge is 0.255 e. The maximum atomic E-state index is 13.5. The Morgan fingerprint density at radius 1 is 1.05 bits per heavy atom. The molecule has 0 aliphatic rings. The zero-order chi connectivity index (χ0) is 27.3. The van der Waals surface area contributed by atoms with Crippen LogP contribution in [-0.2, 0) is 16.4 Å². The summed E-state index contributed by atoms with van der Waals surface area (Å²) in [5, 5.41) is 14.1. The quantitative estimate of drug-likeness (QED) is 0.266. The van der Waals surface area contributed by atoms with Gasteiger partial charge in [0, 0.05) is 31.2 Å². The van der Waals surface area contributed by atoms with E-state index >= 15 is 0 Å². The summed E-state index contributed by atoms with van der Waals surface area (Å²) in [6.45, 7) is 2.18. The van der Waals surface area contributed by atoms with E-state index in [2.05, 4.69) is 10.3 Å². The molecule has 200 valence electrons. The van der Waals surface area contributed by atoms with Gasteiger partial charge in [-0.2, -0.15) is 0 Å². The Kier molecular flexibility index (Phi) is 8.51. The lowest BCUT2D eigenvalue weighted by atomic mass is 10.0. The van der Waals surface area contributed by atoms with E-state index < -0.39 is 16.1 Å². The number of hydrogen-bond donors (Lipinski definition) is 3. The minimum absolute atomic E-state index is 0.163. The fourth-order valence-electron chi connectivity index (χ4n) is 4.26. The minimum atomic E-state index is -3.61. The summed E-state index contributed by atoms with van der Waals surface area (Å²) in [6.07, 6.45) is 3.11. The third-order valence-electron chi connectivity index (χ3n) is 6.33. The normalized spacial score (nSPS) is 12.6. The molecular weight excluding hydrogens is 502 g/mol. The molecule has 38 heavy (non-hydrogen) atoms. The average molecular weight is 536 g/mol. The van der Waals surface area contributed by atoms with Gasteiger partial charge in [-0.3, -0.25) is 4.79 Å². The number of nitrogens with one attached hydrogen (secondary N) is 2. The van der Waals surface area contributed by atoms with Gasteiger partial charge >= 0.3 is 0 Å². The summed E-state index contributed by atoms with van der Waals surface area (Å²) in [7, 11) is -0.646. The van der Waals surface area contributed by atoms with Crippen LogP contribution in [0.3, 0.4) is 0 Å². The molecular formula is C29H33N3O5S. The first kappa shape index (κ1) is 27.4. The fourth-order valence-corrected chi connectivity index (χ4v) is 5.21. The van der Waals surface area contributed by atoms with Crippen LogP contribution in [0.4, 0.5) is 0 Å². The molecule has 4 aromatic rings. The second-order valence-corrected chi connectivity index (χ2v) is 11.4. The van der Waals surface area contributed by atoms with Crippen LogP contribution in [0.2, 0.25) is 0 Å². The molecule has 8 nitrogen and oxygen atoms in total. The first-order valence-electron chi connectivity index (χ1n) is 12.5. The number of ether oxygens (including phenoxy) is 1. The summed E-state index contributed by atoms with van der Waals surface area (Å²) in [5.41, 5.74) is 3.63. The molecule has 0 saturated carbocycles. The van der Waals surface area contributed by atoms with Crippen LogP contribution < -0.4 is 10.1 Å². The molecule has 0 radical (unpaired) electrons. The number of nitrogens with zero attached hydrogens (tertiary/aromatic N) is 1. The van der Waals surface area contributed by atoms with Crippen molar-refractivity contribution >= 4 is 26.8 Å². The number of rotatable bonds is 11. The Labute approximate surface area is 223 Å². The Balaban J connectivity index is 1.64. The van der Waals surface area contributed by atoms with Gasteiger partial charge in [-0.1, -0.05) is 43.3 Å². The lowest BCUT2D eigenvalue weighted by molar-refractivity contribution is 0.0912. The summed E-state index contributed by atoms with van der Waals surface area (Å²) >= 11 is 0. The number of fused-ring (bicyclic) bond motifs is 1. The number of aliphatic hydroxyl groups excluding tert-OH is 1. The van der Waals surface area contributed by atoms with E-state index in [-0.39, 0.29) is 17.4 Å². The van der Waals surface area contributed by atoms with E-state index in [1.165, 1.54) is 14.1 Å². The average Bonchev–Trinajstić information content (AvgIpc) is 3.34. The van der Waals surface area contributed by atoms with E-state index in [9.17, 15) is 18.3 Å². The number of para-hydroxylation sites is 1. The number of aromatic amines is 1. The second kappa shape index (κ2) is 11.8. The molecule has 1 aromatic heterocycles. The molecule has 0 aliphatic carbocycles. The SMILES string of the molecule is CCCOc1ccc(-c2cccc(S(=O)(=O)N(C)C)c2)cc1C(=O)NC(CO)Cc1c[nH]c2ccccc12. The Bertz CT molecular complexity index is 1530. The van der Waals surface area contributed by atoms with Gasteiger partial charge in [0.25, 0.3) is 5.91 Å². The van der Waals surface area contributed by atoms with Gasteiger partial charge in [-0.25, -0.2) is 12.7 Å². The van der Waals surface area contributed by atoms with Crippen LogP contribution in [-0.4, -0.2) is 62.1 Å². The molecule has 4 rings (SSSR count). The topological polar surface area (TPSA) is 112 Å². The number of amides is 1. The van der Waals surface area contributed by atoms with Crippen molar-refractivity contribution in [2.24, 2.45) is 0 Å². The molecule has 9 heteroatoms. The number of hydrogen-bond acceptors (Lipinski definition) is 5. The van der Waals surface area contributed by atoms with E-state index in [0.717, 1.165) is 27.2 Å². The van der Waals surface area contributed by atoms with Gasteiger partial charge in [0.15, 0.2) is 0 Å². The van der Waals surface area contributed by atoms with Gasteiger partial charge in [0.1, 0.15) is 5.75 Å². The van der Waals surface area contributed by atoms with Crippen molar-refractivity contribution in [3.8, 4) is 16.9 Å². The van der Waals surface area contributed by atoms with Crippen LogP contribution in [0.25, 0.3) is 22.0 Å². The lowest BCUT2D eigenvalue weighted by Gasteiger charge is -2.19. The van der Waals surface area contributed by atoms with Gasteiger partial charge in [0.2, 0.25) is 10.0 Å². The Morgan fingerprint density at radius 2 is 1.82 bits per heavy atom. The van der Waals surface area contributed by atoms with Crippen molar-refractivity contribution in [3.05, 3.63) is 84.1 Å². The summed E-state index contributed by atoms with van der Waals surface area (Å²) < 4.78 is 32.3. The maximum absolute atomic E-state index is 13.5. The highest BCUT2D eigenvalue weighted by molar-refractivity contribution is 7.89. The molecule has 0 saturated heterocycles. The molecule has 0 aliphatic heterocycles. The van der Waals surface area contributed by atoms with Crippen molar-refractivity contribution < 1.29 is 23.1 Å². The van der Waals surface area contributed by atoms with Crippen molar-refractivity contribution in [3.63, 3.8) is 0 Å². The lowest BCUT2D eigenvalue weighted by Crippen LogP contribution is -2.39. The van der Waals surface area contributed by atoms with E-state index in [0.29, 0.717) is 35.5 Å². The number of aliphatic hydroxyl groups is 1. The summed E-state index contributed by atoms with van der Waals surface area (Å²) in [6, 6.07) is 19.2. The largest absolute Gasteiger partial charge is 0.493 e. The number of carbonyl (C=O) groups excluding carboxylic acids is 1. The molecule has 3 N–H and O–H groups in total. The predicted octanol–water partition coefficient (Wildman–Crippen LogP) is 4.21. The Hall–Kier alpha value is -3.66. The van der Waals surface area contributed by atoms with Gasteiger partial charge in [-0.05, 0) is 59.9 Å². The zero-order valence-electron chi connectivity index (χ0n) is 21.8. The third kappa shape index (κ3) is 5.91. The van der Waals surface area contributed by atoms with Crippen LogP contribution in [0.15, 0.2) is 77.8 Å². The predicted molar refractivity (Wildman–Crippen MR) is 149 cm³/mol. The van der Waals surface area contributed by atoms with Crippen LogP contribution in [0, 0.1) is 0 Å². The van der Waals surface area contributed by atoms with E-state index in [4.69, 9.17) is 4.74 Å². The molecule has 0 fully saturated rings. The first-order chi connectivity index (χ1) is 18.2. The third-order valence-corrected chi connectivity index (χ3v) is 8.14. The minimum Gasteiger partial charge on any atom is -0.493 e. The number of sulfonamides is 1. The standard InChI is InChI=1S/C29H33N3O5S/c1-4-14-37-28-13-12-21(20-8-7-9-24(16-20)38(35,36)32(2)3)17-26(28)29(34)31-23(19-33)15-22-18-30-27-11-6-5-10-25(22)27/h5-13,16-18,23,30,33H,4,14-15,19H2,1-3H3,(H,31,34). The van der Waals surface area contributed by atoms with Crippen LogP contribution in [0.5, 0.6) is 5.75 Å². The number of carbonyl (C=O) groups is 1. The van der Waals surface area contributed by atoms with Crippen molar-refractivity contribution in [1.82, 2.24) is 14.6 Å². The van der Waals surface area contributed by atoms with Crippen LogP contribution in [0.1, 0.15) is 29.3 Å². The Morgan fingerprint density at radius 3 is 2.55 bits per heavy atom. The molecule has 1 atom stereocenters. The maximum Gasteiger partial charge on any atom is 0.255 e. The molecule has 1 amide bonds. The number of benzene rings is 3. The molecule has 1 heterocycles. The highest BCUT2D eigenvalue weighted by Gasteiger charge is 2.21. The highest BCUT2D eigenvalue weighted by atomic mass is 32.2. The van der Waals surface area contributed by atoms with Gasteiger partial charge in [-0.15, -0.1) is 0 Å². The van der Waals surface area contributed by atoms with Gasteiger partial charge in [0.05, 0.1) is 29.7 Å². The number of H-pyrrole nitrogens is 1.